The normalized spacial score (nSPS) is 11.1. The van der Waals surface area contributed by atoms with E-state index in [1.54, 1.807) is 30.3 Å². The average Bonchev–Trinajstić information content (AvgIpc) is 2.76. The fraction of sp³-hybridized carbons (Fsp3) is 0.240. The molecule has 3 aromatic rings. The molecular formula is C25H28N2O4S. The number of amides is 1. The first-order valence-electron chi connectivity index (χ1n) is 10.4. The van der Waals surface area contributed by atoms with Crippen molar-refractivity contribution >= 4 is 21.6 Å². The zero-order chi connectivity index (χ0) is 23.1. The highest BCUT2D eigenvalue weighted by molar-refractivity contribution is 7.92. The standard InChI is InChI=1S/C25H28N2O4S/c1-19-15-20(2)17-22(16-19)27(32(29,30)23-10-5-4-6-11-23)18-25(28)26-13-14-31-24-12-8-7-9-21(24)3/h4-12,15-17H,13-14,18H2,1-3H3,(H,26,28). The second-order valence-electron chi connectivity index (χ2n) is 7.63. The van der Waals surface area contributed by atoms with E-state index in [-0.39, 0.29) is 24.6 Å². The van der Waals surface area contributed by atoms with Crippen molar-refractivity contribution in [1.82, 2.24) is 5.32 Å². The van der Waals surface area contributed by atoms with Gasteiger partial charge >= 0.3 is 0 Å². The number of nitrogens with zero attached hydrogens (tertiary/aromatic N) is 1. The number of carbonyl (C=O) groups is 1. The number of nitrogens with one attached hydrogen (secondary N) is 1. The molecule has 7 heteroatoms. The highest BCUT2D eigenvalue weighted by Crippen LogP contribution is 2.25. The fourth-order valence-electron chi connectivity index (χ4n) is 3.39. The van der Waals surface area contributed by atoms with Crippen LogP contribution in [0.25, 0.3) is 0 Å². The molecule has 0 heterocycles. The second-order valence-corrected chi connectivity index (χ2v) is 9.50. The molecule has 0 aliphatic heterocycles. The van der Waals surface area contributed by atoms with Crippen molar-refractivity contribution in [1.29, 1.82) is 0 Å². The molecule has 0 radical (unpaired) electrons. The van der Waals surface area contributed by atoms with Crippen molar-refractivity contribution in [2.75, 3.05) is 24.0 Å². The van der Waals surface area contributed by atoms with Gasteiger partial charge < -0.3 is 10.1 Å². The van der Waals surface area contributed by atoms with Gasteiger partial charge in [0.15, 0.2) is 0 Å². The lowest BCUT2D eigenvalue weighted by Gasteiger charge is -2.25. The Balaban J connectivity index is 1.74. The third-order valence-electron chi connectivity index (χ3n) is 4.89. The lowest BCUT2D eigenvalue weighted by Crippen LogP contribution is -2.42. The van der Waals surface area contributed by atoms with Gasteiger partial charge in [-0.1, -0.05) is 42.5 Å². The molecule has 0 bridgehead atoms. The Hall–Kier alpha value is -3.32. The second kappa shape index (κ2) is 10.3. The van der Waals surface area contributed by atoms with E-state index >= 15 is 0 Å². The lowest BCUT2D eigenvalue weighted by atomic mass is 10.1. The summed E-state index contributed by atoms with van der Waals surface area (Å²) in [6.45, 7) is 5.96. The summed E-state index contributed by atoms with van der Waals surface area (Å²) in [5.41, 5.74) is 3.30. The number of anilines is 1. The van der Waals surface area contributed by atoms with Crippen LogP contribution in [-0.4, -0.2) is 34.0 Å². The van der Waals surface area contributed by atoms with Gasteiger partial charge in [-0.25, -0.2) is 8.42 Å². The van der Waals surface area contributed by atoms with Gasteiger partial charge in [-0.15, -0.1) is 0 Å². The van der Waals surface area contributed by atoms with Crippen LogP contribution in [-0.2, 0) is 14.8 Å². The molecule has 0 aromatic heterocycles. The van der Waals surface area contributed by atoms with E-state index in [2.05, 4.69) is 5.32 Å². The van der Waals surface area contributed by atoms with Crippen LogP contribution in [0.4, 0.5) is 5.69 Å². The van der Waals surface area contributed by atoms with Crippen LogP contribution >= 0.6 is 0 Å². The average molecular weight is 453 g/mol. The Morgan fingerprint density at radius 2 is 1.53 bits per heavy atom. The van der Waals surface area contributed by atoms with Crippen LogP contribution in [0.5, 0.6) is 5.75 Å². The van der Waals surface area contributed by atoms with E-state index < -0.39 is 15.9 Å². The number of carbonyl (C=O) groups excluding carboxylic acids is 1. The van der Waals surface area contributed by atoms with Crippen molar-refractivity contribution in [2.45, 2.75) is 25.7 Å². The molecule has 0 fully saturated rings. The number of hydrogen-bond donors (Lipinski definition) is 1. The van der Waals surface area contributed by atoms with Crippen LogP contribution in [0.3, 0.4) is 0 Å². The highest BCUT2D eigenvalue weighted by atomic mass is 32.2. The largest absolute Gasteiger partial charge is 0.491 e. The molecule has 0 spiro atoms. The minimum absolute atomic E-state index is 0.134. The monoisotopic (exact) mass is 452 g/mol. The fourth-order valence-corrected chi connectivity index (χ4v) is 4.81. The predicted molar refractivity (Wildman–Crippen MR) is 127 cm³/mol. The van der Waals surface area contributed by atoms with E-state index in [1.807, 2.05) is 51.1 Å². The minimum Gasteiger partial charge on any atom is -0.491 e. The molecule has 0 atom stereocenters. The van der Waals surface area contributed by atoms with Crippen molar-refractivity contribution in [2.24, 2.45) is 0 Å². The summed E-state index contributed by atoms with van der Waals surface area (Å²) in [5, 5.41) is 2.76. The van der Waals surface area contributed by atoms with Crippen molar-refractivity contribution in [3.05, 3.63) is 89.5 Å². The quantitative estimate of drug-likeness (QED) is 0.498. The maximum absolute atomic E-state index is 13.4. The van der Waals surface area contributed by atoms with Crippen molar-refractivity contribution in [3.63, 3.8) is 0 Å². The topological polar surface area (TPSA) is 75.7 Å². The Labute approximate surface area is 189 Å². The maximum Gasteiger partial charge on any atom is 0.264 e. The molecule has 1 amide bonds. The molecule has 6 nitrogen and oxygen atoms in total. The van der Waals surface area contributed by atoms with Gasteiger partial charge in [-0.05, 0) is 67.8 Å². The van der Waals surface area contributed by atoms with Crippen LogP contribution in [0.2, 0.25) is 0 Å². The highest BCUT2D eigenvalue weighted by Gasteiger charge is 2.27. The van der Waals surface area contributed by atoms with Crippen LogP contribution in [0.1, 0.15) is 16.7 Å². The molecular weight excluding hydrogens is 424 g/mol. The summed E-state index contributed by atoms with van der Waals surface area (Å²) >= 11 is 0. The maximum atomic E-state index is 13.4. The summed E-state index contributed by atoms with van der Waals surface area (Å²) in [6, 6.07) is 21.2. The van der Waals surface area contributed by atoms with Crippen LogP contribution in [0.15, 0.2) is 77.7 Å². The van der Waals surface area contributed by atoms with Crippen LogP contribution in [0, 0.1) is 20.8 Å². The summed E-state index contributed by atoms with van der Waals surface area (Å²) < 4.78 is 33.6. The SMILES string of the molecule is Cc1cc(C)cc(N(CC(=O)NCCOc2ccccc2C)S(=O)(=O)c2ccccc2)c1. The van der Waals surface area contributed by atoms with Gasteiger partial charge in [0.1, 0.15) is 18.9 Å². The zero-order valence-corrected chi connectivity index (χ0v) is 19.4. The third-order valence-corrected chi connectivity index (χ3v) is 6.68. The first kappa shape index (κ1) is 23.3. The van der Waals surface area contributed by atoms with E-state index in [0.29, 0.717) is 5.69 Å². The third kappa shape index (κ3) is 5.88. The van der Waals surface area contributed by atoms with Crippen molar-refractivity contribution < 1.29 is 17.9 Å². The first-order chi connectivity index (χ1) is 15.3. The van der Waals surface area contributed by atoms with E-state index in [9.17, 15) is 13.2 Å². The van der Waals surface area contributed by atoms with Crippen molar-refractivity contribution in [3.8, 4) is 5.75 Å². The number of aryl methyl sites for hydroxylation is 3. The Bertz CT molecular complexity index is 1160. The lowest BCUT2D eigenvalue weighted by molar-refractivity contribution is -0.119. The predicted octanol–water partition coefficient (Wildman–Crippen LogP) is 4.00. The van der Waals surface area contributed by atoms with E-state index in [1.165, 1.54) is 12.1 Å². The molecule has 3 rings (SSSR count). The summed E-state index contributed by atoms with van der Waals surface area (Å²) in [4.78, 5) is 12.8. The molecule has 3 aromatic carbocycles. The Kier molecular flexibility index (Phi) is 7.53. The molecule has 0 saturated heterocycles. The van der Waals surface area contributed by atoms with Gasteiger partial charge in [0.2, 0.25) is 5.91 Å². The molecule has 32 heavy (non-hydrogen) atoms. The van der Waals surface area contributed by atoms with Crippen LogP contribution < -0.4 is 14.4 Å². The van der Waals surface area contributed by atoms with Gasteiger partial charge in [0.05, 0.1) is 17.1 Å². The Morgan fingerprint density at radius 1 is 0.906 bits per heavy atom. The van der Waals surface area contributed by atoms with Gasteiger partial charge in [-0.3, -0.25) is 9.10 Å². The molecule has 0 aliphatic carbocycles. The molecule has 168 valence electrons. The van der Waals surface area contributed by atoms with E-state index in [4.69, 9.17) is 4.74 Å². The Morgan fingerprint density at radius 3 is 2.19 bits per heavy atom. The number of para-hydroxylation sites is 1. The minimum atomic E-state index is -3.92. The summed E-state index contributed by atoms with van der Waals surface area (Å²) in [6.07, 6.45) is 0. The number of benzene rings is 3. The molecule has 0 unspecified atom stereocenters. The van der Waals surface area contributed by atoms with Gasteiger partial charge in [0.25, 0.3) is 10.0 Å². The summed E-state index contributed by atoms with van der Waals surface area (Å²) in [7, 11) is -3.92. The molecule has 1 N–H and O–H groups in total. The molecule has 0 saturated carbocycles. The van der Waals surface area contributed by atoms with E-state index in [0.717, 1.165) is 26.7 Å². The number of ether oxygens (including phenoxy) is 1. The molecule has 0 aliphatic rings. The summed E-state index contributed by atoms with van der Waals surface area (Å²) in [5.74, 6) is 0.349. The number of rotatable bonds is 9. The zero-order valence-electron chi connectivity index (χ0n) is 18.5. The van der Waals surface area contributed by atoms with Gasteiger partial charge in [-0.2, -0.15) is 0 Å². The number of sulfonamides is 1. The van der Waals surface area contributed by atoms with Gasteiger partial charge in [0, 0.05) is 0 Å². The number of hydrogen-bond acceptors (Lipinski definition) is 4. The first-order valence-corrected chi connectivity index (χ1v) is 11.8. The smallest absolute Gasteiger partial charge is 0.264 e.